The van der Waals surface area contributed by atoms with Gasteiger partial charge in [-0.2, -0.15) is 0 Å². The highest BCUT2D eigenvalue weighted by Crippen LogP contribution is 2.17. The number of primary amides is 1. The van der Waals surface area contributed by atoms with Crippen molar-refractivity contribution < 1.29 is 17.2 Å². The Bertz CT molecular complexity index is 812. The molecule has 2 amide bonds. The molecule has 156 valence electrons. The van der Waals surface area contributed by atoms with Crippen LogP contribution in [0, 0.1) is 5.92 Å². The van der Waals surface area contributed by atoms with Crippen molar-refractivity contribution in [2.24, 2.45) is 11.7 Å². The van der Waals surface area contributed by atoms with Crippen LogP contribution in [0.15, 0.2) is 42.5 Å². The Labute approximate surface area is 170 Å². The zero-order valence-electron chi connectivity index (χ0n) is 17.3. The van der Waals surface area contributed by atoms with Gasteiger partial charge in [-0.05, 0) is 35.6 Å². The van der Waals surface area contributed by atoms with E-state index in [-0.39, 0.29) is 32.4 Å². The molecule has 3 N–H and O–H groups in total. The zero-order valence-corrected chi connectivity index (χ0v) is 17.3. The number of hydrogen-bond donors (Lipinski definition) is 2. The van der Waals surface area contributed by atoms with E-state index in [0.717, 1.165) is 12.0 Å². The van der Waals surface area contributed by atoms with Gasteiger partial charge in [0.15, 0.2) is 5.78 Å². The standard InChI is InChI=1S/C20H25NO2.C3H7NO.2H2/c1-4-14(2)20(15(3)22)21-19(23)12-10-16-9-11-17-7-5-6-8-18(17)13-16;1-2-3(4)5;;/h5-9,11,13-14,20H,4,10,12H2,1-3H3,(H,21,23);2H2,1H3,(H2,4,5);2*1H/t14-,20?;;;/m0.../s1. The summed E-state index contributed by atoms with van der Waals surface area (Å²) in [4.78, 5) is 33.4. The summed E-state index contributed by atoms with van der Waals surface area (Å²) in [5, 5.41) is 5.28. The molecule has 2 atom stereocenters. The molecule has 2 aromatic rings. The zero-order chi connectivity index (χ0) is 21.1. The molecule has 28 heavy (non-hydrogen) atoms. The van der Waals surface area contributed by atoms with Gasteiger partial charge in [0.05, 0.1) is 6.04 Å². The fourth-order valence-electron chi connectivity index (χ4n) is 2.78. The van der Waals surface area contributed by atoms with Crippen LogP contribution in [-0.2, 0) is 20.8 Å². The van der Waals surface area contributed by atoms with Gasteiger partial charge in [0, 0.05) is 15.7 Å². The number of Topliss-reactive ketones (excluding diaryl/α,β-unsaturated/α-hetero) is 1. The van der Waals surface area contributed by atoms with Gasteiger partial charge in [-0.15, -0.1) is 0 Å². The number of aryl methyl sites for hydroxylation is 1. The largest absolute Gasteiger partial charge is 0.370 e. The van der Waals surface area contributed by atoms with Gasteiger partial charge >= 0.3 is 0 Å². The summed E-state index contributed by atoms with van der Waals surface area (Å²) < 4.78 is 0. The van der Waals surface area contributed by atoms with Crippen LogP contribution in [0.1, 0.15) is 55.4 Å². The van der Waals surface area contributed by atoms with E-state index in [1.807, 2.05) is 26.0 Å². The number of fused-ring (bicyclic) bond motifs is 1. The lowest BCUT2D eigenvalue weighted by atomic mass is 9.95. The average molecular weight is 389 g/mol. The van der Waals surface area contributed by atoms with Crippen LogP contribution in [0.25, 0.3) is 10.8 Å². The van der Waals surface area contributed by atoms with Crippen molar-refractivity contribution in [3.8, 4) is 0 Å². The summed E-state index contributed by atoms with van der Waals surface area (Å²) in [7, 11) is 0. The van der Waals surface area contributed by atoms with Crippen LogP contribution in [0.5, 0.6) is 0 Å². The van der Waals surface area contributed by atoms with Crippen LogP contribution >= 0.6 is 0 Å². The van der Waals surface area contributed by atoms with Crippen molar-refractivity contribution in [2.75, 3.05) is 0 Å². The Balaban J connectivity index is 0. The molecule has 0 saturated heterocycles. The highest BCUT2D eigenvalue weighted by molar-refractivity contribution is 5.88. The number of ketones is 1. The minimum atomic E-state index is -0.371. The molecule has 0 radical (unpaired) electrons. The van der Waals surface area contributed by atoms with Crippen molar-refractivity contribution in [2.45, 2.75) is 59.4 Å². The molecule has 0 aliphatic carbocycles. The van der Waals surface area contributed by atoms with Gasteiger partial charge in [-0.3, -0.25) is 14.4 Å². The fourth-order valence-corrected chi connectivity index (χ4v) is 2.78. The fraction of sp³-hybridized carbons (Fsp3) is 0.435. The van der Waals surface area contributed by atoms with E-state index in [1.165, 1.54) is 10.8 Å². The van der Waals surface area contributed by atoms with Crippen LogP contribution in [0.4, 0.5) is 0 Å². The Morgan fingerprint density at radius 1 is 1.07 bits per heavy atom. The third-order valence-electron chi connectivity index (χ3n) is 4.77. The average Bonchev–Trinajstić information content (AvgIpc) is 2.69. The van der Waals surface area contributed by atoms with E-state index in [4.69, 9.17) is 0 Å². The van der Waals surface area contributed by atoms with E-state index >= 15 is 0 Å². The highest BCUT2D eigenvalue weighted by atomic mass is 16.2. The summed E-state index contributed by atoms with van der Waals surface area (Å²) in [6.45, 7) is 7.29. The van der Waals surface area contributed by atoms with E-state index in [9.17, 15) is 14.4 Å². The van der Waals surface area contributed by atoms with Gasteiger partial charge < -0.3 is 11.1 Å². The van der Waals surface area contributed by atoms with E-state index < -0.39 is 0 Å². The van der Waals surface area contributed by atoms with E-state index in [1.54, 1.807) is 13.8 Å². The molecule has 0 aromatic heterocycles. The van der Waals surface area contributed by atoms with Crippen LogP contribution < -0.4 is 11.1 Å². The lowest BCUT2D eigenvalue weighted by Gasteiger charge is -2.21. The number of carbonyl (C=O) groups is 3. The molecule has 1 unspecified atom stereocenters. The molecular weight excluding hydrogens is 352 g/mol. The number of amides is 2. The molecule has 0 aliphatic rings. The molecule has 0 bridgehead atoms. The molecule has 5 nitrogen and oxygen atoms in total. The highest BCUT2D eigenvalue weighted by Gasteiger charge is 2.22. The normalized spacial score (nSPS) is 12.4. The summed E-state index contributed by atoms with van der Waals surface area (Å²) in [6, 6.07) is 14.1. The monoisotopic (exact) mass is 388 g/mol. The lowest BCUT2D eigenvalue weighted by molar-refractivity contribution is -0.127. The van der Waals surface area contributed by atoms with Gasteiger partial charge in [0.1, 0.15) is 0 Å². The summed E-state index contributed by atoms with van der Waals surface area (Å²) in [5.41, 5.74) is 5.79. The van der Waals surface area contributed by atoms with Crippen molar-refractivity contribution in [3.63, 3.8) is 0 Å². The maximum Gasteiger partial charge on any atom is 0.220 e. The minimum Gasteiger partial charge on any atom is -0.370 e. The van der Waals surface area contributed by atoms with Crippen molar-refractivity contribution >= 4 is 28.4 Å². The van der Waals surface area contributed by atoms with Gasteiger partial charge in [0.2, 0.25) is 11.8 Å². The summed E-state index contributed by atoms with van der Waals surface area (Å²) in [6.07, 6.45) is 2.40. The second-order valence-electron chi connectivity index (χ2n) is 7.04. The van der Waals surface area contributed by atoms with Crippen molar-refractivity contribution in [3.05, 3.63) is 48.0 Å². The molecule has 0 spiro atoms. The second-order valence-corrected chi connectivity index (χ2v) is 7.04. The molecule has 2 aromatic carbocycles. The summed E-state index contributed by atoms with van der Waals surface area (Å²) >= 11 is 0. The summed E-state index contributed by atoms with van der Waals surface area (Å²) in [5.74, 6) is -0.112. The smallest absolute Gasteiger partial charge is 0.220 e. The Morgan fingerprint density at radius 3 is 2.21 bits per heavy atom. The van der Waals surface area contributed by atoms with E-state index in [2.05, 4.69) is 41.4 Å². The minimum absolute atomic E-state index is 0. The molecule has 2 rings (SSSR count). The predicted molar refractivity (Wildman–Crippen MR) is 118 cm³/mol. The number of carbonyl (C=O) groups excluding carboxylic acids is 3. The Kier molecular flexibility index (Phi) is 9.93. The SMILES string of the molecule is CCC(N)=O.CC[C@H](C)C(NC(=O)CCc1ccc2ccccc2c1)C(C)=O.[HH].[HH]. The first-order valence-electron chi connectivity index (χ1n) is 9.84. The molecule has 0 heterocycles. The first-order chi connectivity index (χ1) is 13.3. The Morgan fingerprint density at radius 2 is 1.68 bits per heavy atom. The van der Waals surface area contributed by atoms with Gasteiger partial charge in [0.25, 0.3) is 0 Å². The third-order valence-corrected chi connectivity index (χ3v) is 4.77. The molecule has 0 aliphatic heterocycles. The number of benzene rings is 2. The molecule has 0 saturated carbocycles. The predicted octanol–water partition coefficient (Wildman–Crippen LogP) is 4.27. The number of rotatable bonds is 8. The first-order valence-corrected chi connectivity index (χ1v) is 9.84. The quantitative estimate of drug-likeness (QED) is 0.708. The lowest BCUT2D eigenvalue weighted by Crippen LogP contribution is -2.44. The van der Waals surface area contributed by atoms with Gasteiger partial charge in [-0.25, -0.2) is 0 Å². The van der Waals surface area contributed by atoms with Crippen molar-refractivity contribution in [1.82, 2.24) is 5.32 Å². The van der Waals surface area contributed by atoms with Crippen LogP contribution in [0.2, 0.25) is 0 Å². The number of hydrogen-bond acceptors (Lipinski definition) is 3. The van der Waals surface area contributed by atoms with Crippen molar-refractivity contribution in [1.29, 1.82) is 0 Å². The topological polar surface area (TPSA) is 89.3 Å². The number of nitrogens with one attached hydrogen (secondary N) is 1. The maximum atomic E-state index is 12.2. The maximum absolute atomic E-state index is 12.2. The van der Waals surface area contributed by atoms with Crippen LogP contribution in [-0.4, -0.2) is 23.6 Å². The third kappa shape index (κ3) is 7.91. The Hall–Kier alpha value is -2.69. The first kappa shape index (κ1) is 23.3. The second kappa shape index (κ2) is 11.9. The van der Waals surface area contributed by atoms with E-state index in [0.29, 0.717) is 19.3 Å². The molecule has 0 fully saturated rings. The molecular formula is C23H36N2O3. The number of nitrogens with two attached hydrogens (primary N) is 1. The van der Waals surface area contributed by atoms with Gasteiger partial charge in [-0.1, -0.05) is 69.7 Å². The van der Waals surface area contributed by atoms with Crippen LogP contribution in [0.3, 0.4) is 0 Å². The molecule has 5 heteroatoms.